The van der Waals surface area contributed by atoms with Crippen LogP contribution in [0, 0.1) is 3.57 Å². The Balaban J connectivity index is 2.72. The van der Waals surface area contributed by atoms with Gasteiger partial charge in [-0.2, -0.15) is 5.48 Å². The van der Waals surface area contributed by atoms with Crippen LogP contribution < -0.4 is 5.48 Å². The van der Waals surface area contributed by atoms with Gasteiger partial charge >= 0.3 is 0 Å². The maximum Gasteiger partial charge on any atom is 0.0572 e. The van der Waals surface area contributed by atoms with E-state index >= 15 is 0 Å². The zero-order valence-corrected chi connectivity index (χ0v) is 9.52. The summed E-state index contributed by atoms with van der Waals surface area (Å²) in [7, 11) is 1.58. The fourth-order valence-electron chi connectivity index (χ4n) is 0.815. The Morgan fingerprint density at radius 1 is 1.58 bits per heavy atom. The molecule has 0 unspecified atom stereocenters. The van der Waals surface area contributed by atoms with Crippen molar-refractivity contribution in [3.63, 3.8) is 0 Å². The second kappa shape index (κ2) is 5.01. The summed E-state index contributed by atoms with van der Waals surface area (Å²) in [6.07, 6.45) is 0. The van der Waals surface area contributed by atoms with Crippen LogP contribution in [0.5, 0.6) is 0 Å². The molecular weight excluding hydrogens is 288 g/mol. The lowest BCUT2D eigenvalue weighted by Gasteiger charge is -2.04. The molecule has 0 spiro atoms. The second-order valence-corrected chi connectivity index (χ2v) is 3.91. The summed E-state index contributed by atoms with van der Waals surface area (Å²) in [5.41, 5.74) is 3.78. The van der Waals surface area contributed by atoms with E-state index in [1.807, 2.05) is 18.2 Å². The number of benzene rings is 1. The van der Waals surface area contributed by atoms with Crippen LogP contribution >= 0.6 is 34.2 Å². The molecule has 0 saturated carbocycles. The summed E-state index contributed by atoms with van der Waals surface area (Å²) in [6, 6.07) is 5.92. The Morgan fingerprint density at radius 2 is 2.33 bits per heavy atom. The maximum atomic E-state index is 5.96. The molecule has 1 aromatic carbocycles. The Kier molecular flexibility index (Phi) is 4.28. The van der Waals surface area contributed by atoms with Crippen molar-refractivity contribution in [3.05, 3.63) is 32.4 Å². The van der Waals surface area contributed by atoms with Crippen molar-refractivity contribution in [1.29, 1.82) is 0 Å². The third-order valence-corrected chi connectivity index (χ3v) is 2.44. The fourth-order valence-corrected chi connectivity index (χ4v) is 1.74. The summed E-state index contributed by atoms with van der Waals surface area (Å²) in [4.78, 5) is 4.72. The van der Waals surface area contributed by atoms with Crippen LogP contribution in [0.3, 0.4) is 0 Å². The minimum atomic E-state index is 0.631. The van der Waals surface area contributed by atoms with Crippen LogP contribution in [0.4, 0.5) is 0 Å². The third-order valence-electron chi connectivity index (χ3n) is 1.42. The van der Waals surface area contributed by atoms with Gasteiger partial charge in [0.05, 0.1) is 7.11 Å². The summed E-state index contributed by atoms with van der Waals surface area (Å²) >= 11 is 8.19. The standard InChI is InChI=1S/C8H9ClINO/c1-12-11-5-6-2-3-7(10)4-8(6)9/h2-4,11H,5H2,1H3. The van der Waals surface area contributed by atoms with Crippen molar-refractivity contribution >= 4 is 34.2 Å². The van der Waals surface area contributed by atoms with Crippen molar-refractivity contribution in [2.45, 2.75) is 6.54 Å². The molecule has 0 heterocycles. The number of halogens is 2. The number of hydroxylamine groups is 1. The number of hydrogen-bond acceptors (Lipinski definition) is 2. The monoisotopic (exact) mass is 297 g/mol. The van der Waals surface area contributed by atoms with Gasteiger partial charge in [-0.3, -0.25) is 0 Å². The van der Waals surface area contributed by atoms with E-state index in [4.69, 9.17) is 16.4 Å². The first-order valence-corrected chi connectivity index (χ1v) is 4.89. The van der Waals surface area contributed by atoms with Gasteiger partial charge < -0.3 is 4.84 Å². The molecule has 0 aromatic heterocycles. The lowest BCUT2D eigenvalue weighted by Crippen LogP contribution is -2.10. The number of hydrogen-bond donors (Lipinski definition) is 1. The highest BCUT2D eigenvalue weighted by atomic mass is 127. The molecular formula is C8H9ClINO. The molecule has 1 rings (SSSR count). The highest BCUT2D eigenvalue weighted by Gasteiger charge is 1.99. The summed E-state index contributed by atoms with van der Waals surface area (Å²) in [6.45, 7) is 0.631. The molecule has 0 aliphatic carbocycles. The molecule has 0 amide bonds. The molecule has 0 atom stereocenters. The lowest BCUT2D eigenvalue weighted by atomic mass is 10.2. The zero-order chi connectivity index (χ0) is 8.97. The van der Waals surface area contributed by atoms with Crippen molar-refractivity contribution in [2.75, 3.05) is 7.11 Å². The smallest absolute Gasteiger partial charge is 0.0572 e. The van der Waals surface area contributed by atoms with E-state index in [0.29, 0.717) is 6.54 Å². The molecule has 66 valence electrons. The molecule has 1 N–H and O–H groups in total. The molecule has 4 heteroatoms. The van der Waals surface area contributed by atoms with E-state index in [1.54, 1.807) is 7.11 Å². The van der Waals surface area contributed by atoms with Crippen molar-refractivity contribution in [1.82, 2.24) is 5.48 Å². The topological polar surface area (TPSA) is 21.3 Å². The average Bonchev–Trinajstić information content (AvgIpc) is 2.03. The van der Waals surface area contributed by atoms with E-state index in [9.17, 15) is 0 Å². The zero-order valence-electron chi connectivity index (χ0n) is 6.60. The van der Waals surface area contributed by atoms with E-state index in [0.717, 1.165) is 14.2 Å². The highest BCUT2D eigenvalue weighted by Crippen LogP contribution is 2.18. The summed E-state index contributed by atoms with van der Waals surface area (Å²) in [5, 5.41) is 0.770. The SMILES string of the molecule is CONCc1ccc(I)cc1Cl. The first-order chi connectivity index (χ1) is 5.74. The minimum absolute atomic E-state index is 0.631. The summed E-state index contributed by atoms with van der Waals surface area (Å²) in [5.74, 6) is 0. The Labute approximate surface area is 90.3 Å². The predicted molar refractivity (Wildman–Crippen MR) is 58.0 cm³/mol. The van der Waals surface area contributed by atoms with Gasteiger partial charge in [0.1, 0.15) is 0 Å². The van der Waals surface area contributed by atoms with Gasteiger partial charge in [0.15, 0.2) is 0 Å². The van der Waals surface area contributed by atoms with Crippen LogP contribution in [0.2, 0.25) is 5.02 Å². The Morgan fingerprint density at radius 3 is 2.92 bits per heavy atom. The van der Waals surface area contributed by atoms with E-state index in [1.165, 1.54) is 0 Å². The lowest BCUT2D eigenvalue weighted by molar-refractivity contribution is 0.0867. The van der Waals surface area contributed by atoms with Crippen molar-refractivity contribution < 1.29 is 4.84 Å². The van der Waals surface area contributed by atoms with Gasteiger partial charge in [-0.15, -0.1) is 0 Å². The van der Waals surface area contributed by atoms with Crippen LogP contribution in [0.15, 0.2) is 18.2 Å². The molecule has 0 saturated heterocycles. The van der Waals surface area contributed by atoms with Crippen LogP contribution in [0.25, 0.3) is 0 Å². The maximum absolute atomic E-state index is 5.96. The van der Waals surface area contributed by atoms with Gasteiger partial charge in [0.25, 0.3) is 0 Å². The fraction of sp³-hybridized carbons (Fsp3) is 0.250. The molecule has 0 aliphatic rings. The largest absolute Gasteiger partial charge is 0.305 e. The molecule has 2 nitrogen and oxygen atoms in total. The average molecular weight is 298 g/mol. The van der Waals surface area contributed by atoms with Crippen molar-refractivity contribution in [2.24, 2.45) is 0 Å². The molecule has 0 bridgehead atoms. The van der Waals surface area contributed by atoms with E-state index in [2.05, 4.69) is 28.1 Å². The van der Waals surface area contributed by atoms with Crippen LogP contribution in [-0.4, -0.2) is 7.11 Å². The molecule has 1 aromatic rings. The summed E-state index contributed by atoms with van der Waals surface area (Å²) < 4.78 is 1.14. The first-order valence-electron chi connectivity index (χ1n) is 3.44. The normalized spacial score (nSPS) is 10.2. The molecule has 12 heavy (non-hydrogen) atoms. The Bertz CT molecular complexity index is 267. The van der Waals surface area contributed by atoms with E-state index < -0.39 is 0 Å². The number of nitrogens with one attached hydrogen (secondary N) is 1. The predicted octanol–water partition coefficient (Wildman–Crippen LogP) is 2.60. The minimum Gasteiger partial charge on any atom is -0.305 e. The van der Waals surface area contributed by atoms with Gasteiger partial charge in [-0.25, -0.2) is 0 Å². The molecule has 0 aliphatic heterocycles. The quantitative estimate of drug-likeness (QED) is 0.684. The van der Waals surface area contributed by atoms with Gasteiger partial charge in [0.2, 0.25) is 0 Å². The highest BCUT2D eigenvalue weighted by molar-refractivity contribution is 14.1. The third kappa shape index (κ3) is 2.90. The second-order valence-electron chi connectivity index (χ2n) is 2.26. The number of rotatable bonds is 3. The van der Waals surface area contributed by atoms with E-state index in [-0.39, 0.29) is 0 Å². The van der Waals surface area contributed by atoms with Crippen molar-refractivity contribution in [3.8, 4) is 0 Å². The van der Waals surface area contributed by atoms with Crippen LogP contribution in [0.1, 0.15) is 5.56 Å². The van der Waals surface area contributed by atoms with Crippen LogP contribution in [-0.2, 0) is 11.4 Å². The first kappa shape index (κ1) is 10.2. The van der Waals surface area contributed by atoms with Gasteiger partial charge in [-0.1, -0.05) is 17.7 Å². The molecule has 0 radical (unpaired) electrons. The van der Waals surface area contributed by atoms with Gasteiger partial charge in [0, 0.05) is 15.1 Å². The molecule has 0 fully saturated rings. The Hall–Kier alpha value is 0.160. The van der Waals surface area contributed by atoms with Gasteiger partial charge in [-0.05, 0) is 40.3 Å².